The average Bonchev–Trinajstić information content (AvgIpc) is 2.17. The smallest absolute Gasteiger partial charge is 0.0783 e. The summed E-state index contributed by atoms with van der Waals surface area (Å²) >= 11 is 0. The molecule has 0 unspecified atom stereocenters. The second-order valence-corrected chi connectivity index (χ2v) is 4.15. The molecule has 0 radical (unpaired) electrons. The van der Waals surface area contributed by atoms with Crippen molar-refractivity contribution in [1.82, 2.24) is 0 Å². The third-order valence-electron chi connectivity index (χ3n) is 2.57. The van der Waals surface area contributed by atoms with Crippen LogP contribution in [0.1, 0.15) is 11.1 Å². The van der Waals surface area contributed by atoms with E-state index in [0.29, 0.717) is 0 Å². The summed E-state index contributed by atoms with van der Waals surface area (Å²) in [5.74, 6) is 0. The molecule has 0 bridgehead atoms. The molecule has 0 nitrogen and oxygen atoms in total. The van der Waals surface area contributed by atoms with E-state index in [-0.39, 0.29) is 0 Å². The minimum Gasteiger partial charge on any atom is -0.0783 e. The van der Waals surface area contributed by atoms with Gasteiger partial charge in [-0.2, -0.15) is 0 Å². The number of aryl methyl sites for hydroxylation is 2. The topological polar surface area (TPSA) is 0 Å². The van der Waals surface area contributed by atoms with E-state index >= 15 is 0 Å². The van der Waals surface area contributed by atoms with Gasteiger partial charge < -0.3 is 0 Å². The SMILES string of the molecule is Cc1cccc(Bc2cccc(C)c2)c1. The van der Waals surface area contributed by atoms with Gasteiger partial charge in [0.25, 0.3) is 0 Å². The van der Waals surface area contributed by atoms with Crippen molar-refractivity contribution in [1.29, 1.82) is 0 Å². The lowest BCUT2D eigenvalue weighted by Crippen LogP contribution is -2.27. The normalized spacial score (nSPS) is 10.0. The highest BCUT2D eigenvalue weighted by molar-refractivity contribution is 6.67. The summed E-state index contributed by atoms with van der Waals surface area (Å²) in [6.07, 6.45) is 0. The van der Waals surface area contributed by atoms with Crippen LogP contribution in [0.15, 0.2) is 48.5 Å². The molecule has 15 heavy (non-hydrogen) atoms. The molecule has 0 saturated heterocycles. The Morgan fingerprint density at radius 1 is 0.733 bits per heavy atom. The van der Waals surface area contributed by atoms with Crippen molar-refractivity contribution in [2.75, 3.05) is 0 Å². The first-order valence-corrected chi connectivity index (χ1v) is 5.35. The molecular formula is C14H15B. The second kappa shape index (κ2) is 4.35. The Kier molecular flexibility index (Phi) is 2.91. The monoisotopic (exact) mass is 194 g/mol. The molecule has 0 amide bonds. The minimum absolute atomic E-state index is 1.03. The van der Waals surface area contributed by atoms with E-state index in [1.807, 2.05) is 0 Å². The highest BCUT2D eigenvalue weighted by Gasteiger charge is 1.99. The summed E-state index contributed by atoms with van der Waals surface area (Å²) in [5, 5.41) is 0. The van der Waals surface area contributed by atoms with Crippen molar-refractivity contribution in [3.05, 3.63) is 59.7 Å². The van der Waals surface area contributed by atoms with Crippen LogP contribution in [0.25, 0.3) is 0 Å². The van der Waals surface area contributed by atoms with Gasteiger partial charge in [0.05, 0.1) is 0 Å². The number of hydrogen-bond donors (Lipinski definition) is 0. The Hall–Kier alpha value is -1.50. The van der Waals surface area contributed by atoms with Gasteiger partial charge in [-0.15, -0.1) is 0 Å². The van der Waals surface area contributed by atoms with Crippen LogP contribution in [0, 0.1) is 13.8 Å². The molecule has 2 aromatic rings. The molecule has 0 fully saturated rings. The summed E-state index contributed by atoms with van der Waals surface area (Å²) in [6.45, 7) is 4.28. The van der Waals surface area contributed by atoms with Gasteiger partial charge in [0.1, 0.15) is 0 Å². The second-order valence-electron chi connectivity index (χ2n) is 4.15. The lowest BCUT2D eigenvalue weighted by Gasteiger charge is -2.02. The highest BCUT2D eigenvalue weighted by Crippen LogP contribution is 1.94. The van der Waals surface area contributed by atoms with Gasteiger partial charge in [0, 0.05) is 0 Å². The van der Waals surface area contributed by atoms with Crippen LogP contribution in [0.4, 0.5) is 0 Å². The third kappa shape index (κ3) is 2.72. The van der Waals surface area contributed by atoms with Gasteiger partial charge in [-0.05, 0) is 13.8 Å². The standard InChI is InChI=1S/C14H15B/c1-11-5-3-7-13(9-11)15-14-8-4-6-12(2)10-14/h3-10,15H,1-2H3. The molecule has 2 rings (SSSR count). The number of rotatable bonds is 2. The van der Waals surface area contributed by atoms with Crippen LogP contribution in [-0.2, 0) is 0 Å². The first-order chi connectivity index (χ1) is 7.24. The average molecular weight is 194 g/mol. The Morgan fingerprint density at radius 3 is 1.60 bits per heavy atom. The van der Waals surface area contributed by atoms with E-state index in [2.05, 4.69) is 62.4 Å². The molecule has 0 aromatic heterocycles. The van der Waals surface area contributed by atoms with E-state index in [1.54, 1.807) is 0 Å². The first-order valence-electron chi connectivity index (χ1n) is 5.35. The zero-order valence-electron chi connectivity index (χ0n) is 9.33. The van der Waals surface area contributed by atoms with Gasteiger partial charge in [0.2, 0.25) is 0 Å². The molecule has 0 aliphatic heterocycles. The first kappa shape index (κ1) is 10.0. The molecule has 0 saturated carbocycles. The third-order valence-corrected chi connectivity index (χ3v) is 2.57. The van der Waals surface area contributed by atoms with E-state index in [0.717, 1.165) is 7.28 Å². The van der Waals surface area contributed by atoms with Crippen molar-refractivity contribution >= 4 is 18.2 Å². The predicted molar refractivity (Wildman–Crippen MR) is 68.8 cm³/mol. The molecule has 0 heterocycles. The van der Waals surface area contributed by atoms with Crippen LogP contribution < -0.4 is 10.9 Å². The van der Waals surface area contributed by atoms with Crippen LogP contribution in [0.2, 0.25) is 0 Å². The fourth-order valence-corrected chi connectivity index (χ4v) is 1.88. The van der Waals surface area contributed by atoms with Gasteiger partial charge >= 0.3 is 0 Å². The van der Waals surface area contributed by atoms with Crippen molar-refractivity contribution in [2.24, 2.45) is 0 Å². The Bertz CT molecular complexity index is 417. The summed E-state index contributed by atoms with van der Waals surface area (Å²) in [6, 6.07) is 17.4. The fraction of sp³-hybridized carbons (Fsp3) is 0.143. The quantitative estimate of drug-likeness (QED) is 0.638. The Balaban J connectivity index is 2.22. The summed E-state index contributed by atoms with van der Waals surface area (Å²) in [7, 11) is 1.03. The van der Waals surface area contributed by atoms with Crippen LogP contribution in [0.3, 0.4) is 0 Å². The van der Waals surface area contributed by atoms with E-state index in [9.17, 15) is 0 Å². The van der Waals surface area contributed by atoms with E-state index in [4.69, 9.17) is 0 Å². The van der Waals surface area contributed by atoms with Crippen molar-refractivity contribution < 1.29 is 0 Å². The molecule has 0 N–H and O–H groups in total. The molecule has 0 aliphatic carbocycles. The molecule has 74 valence electrons. The zero-order chi connectivity index (χ0) is 10.7. The van der Waals surface area contributed by atoms with Crippen molar-refractivity contribution in [2.45, 2.75) is 13.8 Å². The number of hydrogen-bond acceptors (Lipinski definition) is 0. The van der Waals surface area contributed by atoms with Gasteiger partial charge in [-0.3, -0.25) is 0 Å². The maximum atomic E-state index is 2.25. The zero-order valence-corrected chi connectivity index (χ0v) is 9.33. The Morgan fingerprint density at radius 2 is 1.20 bits per heavy atom. The van der Waals surface area contributed by atoms with Crippen LogP contribution in [-0.4, -0.2) is 7.28 Å². The largest absolute Gasteiger partial charge is 0.192 e. The maximum absolute atomic E-state index is 2.25. The number of benzene rings is 2. The summed E-state index contributed by atoms with van der Waals surface area (Å²) in [4.78, 5) is 0. The predicted octanol–water partition coefficient (Wildman–Crippen LogP) is 1.69. The lowest BCUT2D eigenvalue weighted by atomic mass is 9.63. The molecule has 1 heteroatoms. The molecule has 0 atom stereocenters. The molecule has 0 aliphatic rings. The van der Waals surface area contributed by atoms with E-state index in [1.165, 1.54) is 22.1 Å². The molecular weight excluding hydrogens is 179 g/mol. The van der Waals surface area contributed by atoms with Crippen molar-refractivity contribution in [3.8, 4) is 0 Å². The van der Waals surface area contributed by atoms with Crippen molar-refractivity contribution in [3.63, 3.8) is 0 Å². The minimum atomic E-state index is 1.03. The van der Waals surface area contributed by atoms with E-state index < -0.39 is 0 Å². The summed E-state index contributed by atoms with van der Waals surface area (Å²) in [5.41, 5.74) is 5.45. The summed E-state index contributed by atoms with van der Waals surface area (Å²) < 4.78 is 0. The van der Waals surface area contributed by atoms with Gasteiger partial charge in [-0.1, -0.05) is 70.6 Å². The van der Waals surface area contributed by atoms with Crippen LogP contribution in [0.5, 0.6) is 0 Å². The molecule has 0 spiro atoms. The van der Waals surface area contributed by atoms with Gasteiger partial charge in [0.15, 0.2) is 7.28 Å². The fourth-order valence-electron chi connectivity index (χ4n) is 1.88. The molecule has 2 aromatic carbocycles. The van der Waals surface area contributed by atoms with Crippen LogP contribution >= 0.6 is 0 Å². The Labute approximate surface area is 92.2 Å². The highest BCUT2D eigenvalue weighted by atomic mass is 13.9. The lowest BCUT2D eigenvalue weighted by molar-refractivity contribution is 1.49. The maximum Gasteiger partial charge on any atom is 0.192 e. The van der Waals surface area contributed by atoms with Gasteiger partial charge in [-0.25, -0.2) is 0 Å².